The standard InChI is InChI=1S/C22H20O.2C2H6/c1-18(23)17-22(19-11-5-2-6-12-19,20-13-7-3-8-14-20)21-15-9-4-10-16-21;2*1-2/h2-16H,17H2,1H3;2*1-2H3. The van der Waals surface area contributed by atoms with Crippen molar-refractivity contribution in [3.63, 3.8) is 0 Å². The van der Waals surface area contributed by atoms with Crippen LogP contribution in [0.2, 0.25) is 0 Å². The van der Waals surface area contributed by atoms with Gasteiger partial charge in [0.25, 0.3) is 0 Å². The van der Waals surface area contributed by atoms with E-state index >= 15 is 0 Å². The third-order valence-electron chi connectivity index (χ3n) is 4.31. The highest BCUT2D eigenvalue weighted by atomic mass is 16.1. The van der Waals surface area contributed by atoms with Crippen molar-refractivity contribution in [2.75, 3.05) is 0 Å². The minimum Gasteiger partial charge on any atom is -0.300 e. The molecule has 3 aromatic carbocycles. The van der Waals surface area contributed by atoms with Crippen molar-refractivity contribution in [1.29, 1.82) is 0 Å². The van der Waals surface area contributed by atoms with Crippen molar-refractivity contribution < 1.29 is 4.79 Å². The fourth-order valence-electron chi connectivity index (χ4n) is 3.35. The molecule has 1 nitrogen and oxygen atoms in total. The average Bonchev–Trinajstić information content (AvgIpc) is 2.76. The molecule has 0 heterocycles. The van der Waals surface area contributed by atoms with Gasteiger partial charge in [-0.1, -0.05) is 119 Å². The molecule has 142 valence electrons. The Balaban J connectivity index is 0.000000855. The normalized spacial score (nSPS) is 9.96. The van der Waals surface area contributed by atoms with E-state index in [1.165, 1.54) is 0 Å². The molecule has 0 bridgehead atoms. The van der Waals surface area contributed by atoms with Crippen LogP contribution in [0.15, 0.2) is 91.0 Å². The van der Waals surface area contributed by atoms with Crippen molar-refractivity contribution in [2.45, 2.75) is 46.5 Å². The zero-order chi connectivity index (χ0) is 20.1. The molecule has 0 fully saturated rings. The van der Waals surface area contributed by atoms with Crippen molar-refractivity contribution in [3.05, 3.63) is 108 Å². The first-order valence-corrected chi connectivity index (χ1v) is 9.89. The molecule has 0 saturated heterocycles. The molecule has 3 aromatic rings. The van der Waals surface area contributed by atoms with E-state index in [0.717, 1.165) is 16.7 Å². The molecule has 0 N–H and O–H groups in total. The quantitative estimate of drug-likeness (QED) is 0.445. The Bertz CT molecular complexity index is 664. The lowest BCUT2D eigenvalue weighted by Gasteiger charge is -2.35. The van der Waals surface area contributed by atoms with Gasteiger partial charge in [-0.3, -0.25) is 4.79 Å². The van der Waals surface area contributed by atoms with Crippen molar-refractivity contribution in [1.82, 2.24) is 0 Å². The number of hydrogen-bond acceptors (Lipinski definition) is 1. The van der Waals surface area contributed by atoms with E-state index in [2.05, 4.69) is 36.4 Å². The van der Waals surface area contributed by atoms with Gasteiger partial charge in [-0.15, -0.1) is 0 Å². The summed E-state index contributed by atoms with van der Waals surface area (Å²) in [5, 5.41) is 0. The summed E-state index contributed by atoms with van der Waals surface area (Å²) in [4.78, 5) is 12.2. The Labute approximate surface area is 165 Å². The van der Waals surface area contributed by atoms with Gasteiger partial charge in [0.15, 0.2) is 0 Å². The van der Waals surface area contributed by atoms with E-state index in [9.17, 15) is 4.79 Å². The topological polar surface area (TPSA) is 17.1 Å². The molecule has 27 heavy (non-hydrogen) atoms. The smallest absolute Gasteiger partial charge is 0.131 e. The van der Waals surface area contributed by atoms with Crippen LogP contribution in [0.3, 0.4) is 0 Å². The zero-order valence-corrected chi connectivity index (χ0v) is 17.3. The molecule has 0 atom stereocenters. The van der Waals surface area contributed by atoms with E-state index in [1.54, 1.807) is 6.92 Å². The third kappa shape index (κ3) is 5.40. The molecule has 3 rings (SSSR count). The monoisotopic (exact) mass is 360 g/mol. The maximum absolute atomic E-state index is 12.2. The second-order valence-electron chi connectivity index (χ2n) is 5.88. The van der Waals surface area contributed by atoms with Crippen LogP contribution in [0.1, 0.15) is 57.7 Å². The third-order valence-corrected chi connectivity index (χ3v) is 4.31. The summed E-state index contributed by atoms with van der Waals surface area (Å²) in [5.74, 6) is 0.182. The van der Waals surface area contributed by atoms with E-state index < -0.39 is 5.41 Å². The van der Waals surface area contributed by atoms with E-state index in [1.807, 2.05) is 82.3 Å². The molecule has 0 radical (unpaired) electrons. The van der Waals surface area contributed by atoms with Crippen LogP contribution >= 0.6 is 0 Å². The molecule has 0 saturated carbocycles. The summed E-state index contributed by atoms with van der Waals surface area (Å²) in [6.07, 6.45) is 0.449. The first kappa shape index (κ1) is 22.4. The number of carbonyl (C=O) groups excluding carboxylic acids is 1. The summed E-state index contributed by atoms with van der Waals surface area (Å²) in [6, 6.07) is 30.9. The molecule has 0 aliphatic rings. The highest BCUT2D eigenvalue weighted by Gasteiger charge is 2.37. The number of hydrogen-bond donors (Lipinski definition) is 0. The first-order chi connectivity index (χ1) is 13.2. The van der Waals surface area contributed by atoms with Gasteiger partial charge in [-0.2, -0.15) is 0 Å². The molecule has 0 aromatic heterocycles. The van der Waals surface area contributed by atoms with Crippen LogP contribution < -0.4 is 0 Å². The van der Waals surface area contributed by atoms with Gasteiger partial charge in [0.05, 0.1) is 5.41 Å². The molecule has 0 spiro atoms. The number of Topliss-reactive ketones (excluding diaryl/α,β-unsaturated/α-hetero) is 1. The summed E-state index contributed by atoms with van der Waals surface area (Å²) >= 11 is 0. The summed E-state index contributed by atoms with van der Waals surface area (Å²) in [5.41, 5.74) is 2.99. The highest BCUT2D eigenvalue weighted by Crippen LogP contribution is 2.42. The molecule has 0 aliphatic carbocycles. The number of benzene rings is 3. The first-order valence-electron chi connectivity index (χ1n) is 9.89. The van der Waals surface area contributed by atoms with Crippen LogP contribution in [-0.2, 0) is 10.2 Å². The Morgan fingerprint density at radius 1 is 0.593 bits per heavy atom. The molecule has 0 amide bonds. The van der Waals surface area contributed by atoms with Gasteiger partial charge in [0.2, 0.25) is 0 Å². The van der Waals surface area contributed by atoms with Crippen LogP contribution in [0, 0.1) is 0 Å². The van der Waals surface area contributed by atoms with Gasteiger partial charge in [-0.05, 0) is 23.6 Å². The lowest BCUT2D eigenvalue weighted by Crippen LogP contribution is -2.31. The van der Waals surface area contributed by atoms with Crippen LogP contribution in [0.25, 0.3) is 0 Å². The second-order valence-corrected chi connectivity index (χ2v) is 5.88. The molecular weight excluding hydrogens is 328 g/mol. The predicted molar refractivity (Wildman–Crippen MR) is 117 cm³/mol. The van der Waals surface area contributed by atoms with Gasteiger partial charge in [0, 0.05) is 6.42 Å². The number of rotatable bonds is 5. The fraction of sp³-hybridized carbons (Fsp3) is 0.269. The maximum atomic E-state index is 12.2. The fourth-order valence-corrected chi connectivity index (χ4v) is 3.35. The van der Waals surface area contributed by atoms with Gasteiger partial charge in [0.1, 0.15) is 5.78 Å². The van der Waals surface area contributed by atoms with Crippen LogP contribution in [0.4, 0.5) is 0 Å². The molecule has 1 heteroatoms. The van der Waals surface area contributed by atoms with E-state index in [4.69, 9.17) is 0 Å². The Morgan fingerprint density at radius 3 is 1.07 bits per heavy atom. The molecule has 0 aliphatic heterocycles. The van der Waals surface area contributed by atoms with E-state index in [-0.39, 0.29) is 5.78 Å². The van der Waals surface area contributed by atoms with Crippen LogP contribution in [0.5, 0.6) is 0 Å². The maximum Gasteiger partial charge on any atom is 0.131 e. The van der Waals surface area contributed by atoms with E-state index in [0.29, 0.717) is 6.42 Å². The van der Waals surface area contributed by atoms with Gasteiger partial charge in [-0.25, -0.2) is 0 Å². The summed E-state index contributed by atoms with van der Waals surface area (Å²) < 4.78 is 0. The lowest BCUT2D eigenvalue weighted by atomic mass is 9.66. The number of carbonyl (C=O) groups is 1. The Morgan fingerprint density at radius 2 is 0.852 bits per heavy atom. The Hall–Kier alpha value is -2.67. The highest BCUT2D eigenvalue weighted by molar-refractivity contribution is 5.79. The van der Waals surface area contributed by atoms with Crippen molar-refractivity contribution in [2.24, 2.45) is 0 Å². The van der Waals surface area contributed by atoms with Crippen molar-refractivity contribution >= 4 is 5.78 Å². The SMILES string of the molecule is CC.CC.CC(=O)CC(c1ccccc1)(c1ccccc1)c1ccccc1. The van der Waals surface area contributed by atoms with Crippen molar-refractivity contribution in [3.8, 4) is 0 Å². The minimum atomic E-state index is -0.449. The summed E-state index contributed by atoms with van der Waals surface area (Å²) in [6.45, 7) is 9.67. The minimum absolute atomic E-state index is 0.182. The molecular formula is C26H32O. The lowest BCUT2D eigenvalue weighted by molar-refractivity contribution is -0.117. The largest absolute Gasteiger partial charge is 0.300 e. The zero-order valence-electron chi connectivity index (χ0n) is 17.3. The predicted octanol–water partition coefficient (Wildman–Crippen LogP) is 7.05. The average molecular weight is 361 g/mol. The van der Waals surface area contributed by atoms with Gasteiger partial charge >= 0.3 is 0 Å². The Kier molecular flexibility index (Phi) is 9.82. The molecule has 0 unspecified atom stereocenters. The van der Waals surface area contributed by atoms with Gasteiger partial charge < -0.3 is 0 Å². The van der Waals surface area contributed by atoms with Crippen LogP contribution in [-0.4, -0.2) is 5.78 Å². The summed E-state index contributed by atoms with van der Waals surface area (Å²) in [7, 11) is 0. The second kappa shape index (κ2) is 11.9. The number of ketones is 1.